The minimum Gasteiger partial charge on any atom is -0.378 e. The summed E-state index contributed by atoms with van der Waals surface area (Å²) in [7, 11) is 0. The van der Waals surface area contributed by atoms with Crippen molar-refractivity contribution in [1.82, 2.24) is 9.80 Å². The number of morpholine rings is 1. The van der Waals surface area contributed by atoms with Crippen LogP contribution < -0.4 is 0 Å². The highest BCUT2D eigenvalue weighted by molar-refractivity contribution is 9.10. The van der Waals surface area contributed by atoms with E-state index in [-0.39, 0.29) is 6.03 Å². The zero-order valence-corrected chi connectivity index (χ0v) is 12.7. The molecule has 0 bridgehead atoms. The van der Waals surface area contributed by atoms with Crippen LogP contribution in [0.4, 0.5) is 4.79 Å². The largest absolute Gasteiger partial charge is 0.378 e. The highest BCUT2D eigenvalue weighted by Gasteiger charge is 2.27. The van der Waals surface area contributed by atoms with Crippen molar-refractivity contribution >= 4 is 27.8 Å². The van der Waals surface area contributed by atoms with Crippen LogP contribution in [0.15, 0.2) is 33.7 Å². The maximum absolute atomic E-state index is 12.0. The van der Waals surface area contributed by atoms with Crippen LogP contribution in [0.3, 0.4) is 0 Å². The van der Waals surface area contributed by atoms with Crippen LogP contribution in [0.2, 0.25) is 0 Å². The molecule has 0 N–H and O–H groups in total. The van der Waals surface area contributed by atoms with Crippen molar-refractivity contribution < 1.29 is 9.53 Å². The summed E-state index contributed by atoms with van der Waals surface area (Å²) in [6, 6.07) is 7.86. The van der Waals surface area contributed by atoms with Gasteiger partial charge in [0.2, 0.25) is 0 Å². The van der Waals surface area contributed by atoms with E-state index < -0.39 is 0 Å². The number of rotatable bonds is 2. The monoisotopic (exact) mass is 337 g/mol. The summed E-state index contributed by atoms with van der Waals surface area (Å²) in [5.41, 5.74) is 1.11. The predicted molar refractivity (Wildman–Crippen MR) is 79.8 cm³/mol. The normalized spacial score (nSPS) is 19.4. The summed E-state index contributed by atoms with van der Waals surface area (Å²) >= 11 is 3.41. The Labute approximate surface area is 126 Å². The van der Waals surface area contributed by atoms with Crippen molar-refractivity contribution in [3.63, 3.8) is 0 Å². The molecule has 0 radical (unpaired) electrons. The Bertz CT molecular complexity index is 524. The Morgan fingerprint density at radius 2 is 1.90 bits per heavy atom. The van der Waals surface area contributed by atoms with Crippen LogP contribution >= 0.6 is 15.9 Å². The molecule has 0 aromatic heterocycles. The van der Waals surface area contributed by atoms with Crippen molar-refractivity contribution in [3.8, 4) is 0 Å². The van der Waals surface area contributed by atoms with E-state index in [0.717, 1.165) is 29.0 Å². The van der Waals surface area contributed by atoms with Gasteiger partial charge >= 0.3 is 6.03 Å². The van der Waals surface area contributed by atoms with Crippen LogP contribution in [-0.4, -0.2) is 54.5 Å². The molecule has 2 amide bonds. The molecular formula is C14H16BrN3O2. The number of carbonyl (C=O) groups excluding carboxylic acids is 1. The molecule has 1 fully saturated rings. The lowest BCUT2D eigenvalue weighted by Gasteiger charge is -2.28. The van der Waals surface area contributed by atoms with Crippen LogP contribution in [0.1, 0.15) is 5.56 Å². The molecule has 106 valence electrons. The molecule has 0 unspecified atom stereocenters. The first-order valence-corrected chi connectivity index (χ1v) is 7.45. The van der Waals surface area contributed by atoms with Crippen molar-refractivity contribution in [2.75, 3.05) is 32.8 Å². The standard InChI is InChI=1S/C14H16BrN3O2/c15-12-3-1-11(2-4-12)9-18-10-13(16-14(18)19)17-5-7-20-8-6-17/h1-4H,5-10H2. The molecule has 6 heteroatoms. The van der Waals surface area contributed by atoms with Crippen LogP contribution in [0.5, 0.6) is 0 Å². The van der Waals surface area contributed by atoms with Gasteiger partial charge in [-0.1, -0.05) is 28.1 Å². The Morgan fingerprint density at radius 3 is 2.60 bits per heavy atom. The third kappa shape index (κ3) is 3.02. The van der Waals surface area contributed by atoms with Crippen molar-refractivity contribution in [2.24, 2.45) is 4.99 Å². The molecule has 2 heterocycles. The van der Waals surface area contributed by atoms with Gasteiger partial charge in [0.15, 0.2) is 0 Å². The lowest BCUT2D eigenvalue weighted by Crippen LogP contribution is -2.42. The second kappa shape index (κ2) is 5.93. The first-order chi connectivity index (χ1) is 9.72. The number of carbonyl (C=O) groups is 1. The van der Waals surface area contributed by atoms with E-state index in [9.17, 15) is 4.79 Å². The van der Waals surface area contributed by atoms with E-state index in [1.807, 2.05) is 24.3 Å². The number of hydrogen-bond acceptors (Lipinski definition) is 3. The van der Waals surface area contributed by atoms with Crippen LogP contribution in [0, 0.1) is 0 Å². The SMILES string of the molecule is O=C1N=C(N2CCOCC2)CN1Cc1ccc(Br)cc1. The molecular weight excluding hydrogens is 322 g/mol. The molecule has 3 rings (SSSR count). The van der Waals surface area contributed by atoms with Gasteiger partial charge in [-0.3, -0.25) is 0 Å². The molecule has 0 atom stereocenters. The maximum Gasteiger partial charge on any atom is 0.345 e. The summed E-state index contributed by atoms with van der Waals surface area (Å²) in [4.78, 5) is 20.1. The van der Waals surface area contributed by atoms with Crippen LogP contribution in [0.25, 0.3) is 0 Å². The second-order valence-corrected chi connectivity index (χ2v) is 5.81. The van der Waals surface area contributed by atoms with Gasteiger partial charge in [0.25, 0.3) is 0 Å². The summed E-state index contributed by atoms with van der Waals surface area (Å²) in [5.74, 6) is 0.871. The topological polar surface area (TPSA) is 45.1 Å². The average Bonchev–Trinajstić information content (AvgIpc) is 2.84. The number of halogens is 1. The minimum atomic E-state index is -0.144. The number of hydrogen-bond donors (Lipinski definition) is 0. The molecule has 20 heavy (non-hydrogen) atoms. The van der Waals surface area contributed by atoms with Gasteiger partial charge in [-0.15, -0.1) is 0 Å². The van der Waals surface area contributed by atoms with Gasteiger partial charge in [0.1, 0.15) is 5.84 Å². The first-order valence-electron chi connectivity index (χ1n) is 6.66. The molecule has 1 aromatic carbocycles. The van der Waals surface area contributed by atoms with E-state index in [4.69, 9.17) is 4.74 Å². The first kappa shape index (κ1) is 13.6. The summed E-state index contributed by atoms with van der Waals surface area (Å²) in [5, 5.41) is 0. The Hall–Kier alpha value is -1.40. The fourth-order valence-corrected chi connectivity index (χ4v) is 2.65. The maximum atomic E-state index is 12.0. The number of nitrogens with zero attached hydrogens (tertiary/aromatic N) is 3. The van der Waals surface area contributed by atoms with Gasteiger partial charge in [-0.25, -0.2) is 4.79 Å². The predicted octanol–water partition coefficient (Wildman–Crippen LogP) is 2.12. The fourth-order valence-electron chi connectivity index (χ4n) is 2.38. The lowest BCUT2D eigenvalue weighted by atomic mass is 10.2. The number of urea groups is 1. The number of ether oxygens (including phenoxy) is 1. The van der Waals surface area contributed by atoms with E-state index in [2.05, 4.69) is 25.8 Å². The van der Waals surface area contributed by atoms with Crippen molar-refractivity contribution in [2.45, 2.75) is 6.54 Å². The third-order valence-electron chi connectivity index (χ3n) is 3.49. The Balaban J connectivity index is 1.63. The molecule has 0 aliphatic carbocycles. The zero-order valence-electron chi connectivity index (χ0n) is 11.1. The van der Waals surface area contributed by atoms with Crippen LogP contribution in [-0.2, 0) is 11.3 Å². The average molecular weight is 338 g/mol. The molecule has 0 spiro atoms. The van der Waals surface area contributed by atoms with Gasteiger partial charge in [-0.2, -0.15) is 4.99 Å². The number of aliphatic imine (C=N–C) groups is 1. The summed E-state index contributed by atoms with van der Waals surface area (Å²) < 4.78 is 6.36. The quantitative estimate of drug-likeness (QED) is 0.830. The zero-order chi connectivity index (χ0) is 13.9. The minimum absolute atomic E-state index is 0.144. The van der Waals surface area contributed by atoms with Crippen molar-refractivity contribution in [1.29, 1.82) is 0 Å². The van der Waals surface area contributed by atoms with Gasteiger partial charge < -0.3 is 14.5 Å². The van der Waals surface area contributed by atoms with E-state index in [1.165, 1.54) is 0 Å². The molecule has 5 nitrogen and oxygen atoms in total. The number of amides is 2. The molecule has 0 saturated carbocycles. The number of benzene rings is 1. The molecule has 1 saturated heterocycles. The third-order valence-corrected chi connectivity index (χ3v) is 4.02. The highest BCUT2D eigenvalue weighted by Crippen LogP contribution is 2.16. The summed E-state index contributed by atoms with van der Waals surface area (Å²) in [6.07, 6.45) is 0. The van der Waals surface area contributed by atoms with Gasteiger partial charge in [0.05, 0.1) is 19.8 Å². The second-order valence-electron chi connectivity index (χ2n) is 4.89. The van der Waals surface area contributed by atoms with E-state index in [0.29, 0.717) is 26.3 Å². The highest BCUT2D eigenvalue weighted by atomic mass is 79.9. The fraction of sp³-hybridized carbons (Fsp3) is 0.429. The lowest BCUT2D eigenvalue weighted by molar-refractivity contribution is 0.0673. The molecule has 2 aliphatic rings. The Kier molecular flexibility index (Phi) is 4.03. The van der Waals surface area contributed by atoms with E-state index >= 15 is 0 Å². The van der Waals surface area contributed by atoms with E-state index in [1.54, 1.807) is 4.90 Å². The van der Waals surface area contributed by atoms with Gasteiger partial charge in [0, 0.05) is 24.1 Å². The summed E-state index contributed by atoms with van der Waals surface area (Å²) in [6.45, 7) is 4.24. The number of amidine groups is 1. The molecule has 2 aliphatic heterocycles. The van der Waals surface area contributed by atoms with Crippen molar-refractivity contribution in [3.05, 3.63) is 34.3 Å². The Morgan fingerprint density at radius 1 is 1.20 bits per heavy atom. The molecule has 1 aromatic rings. The van der Waals surface area contributed by atoms with Gasteiger partial charge in [-0.05, 0) is 17.7 Å². The smallest absolute Gasteiger partial charge is 0.345 e.